The lowest BCUT2D eigenvalue weighted by atomic mass is 9.81. The van der Waals surface area contributed by atoms with Crippen molar-refractivity contribution in [3.8, 4) is 0 Å². The lowest BCUT2D eigenvalue weighted by Gasteiger charge is -2.20. The summed E-state index contributed by atoms with van der Waals surface area (Å²) in [6.07, 6.45) is 0. The van der Waals surface area contributed by atoms with Gasteiger partial charge in [-0.3, -0.25) is 0 Å². The van der Waals surface area contributed by atoms with Crippen molar-refractivity contribution in [1.29, 1.82) is 0 Å². The highest BCUT2D eigenvalue weighted by Gasteiger charge is 2.31. The van der Waals surface area contributed by atoms with Crippen LogP contribution in [0, 0.1) is 0 Å². The lowest BCUT2D eigenvalue weighted by molar-refractivity contribution is 1.86. The van der Waals surface area contributed by atoms with Crippen molar-refractivity contribution in [3.05, 3.63) is 84.9 Å². The molecule has 13 aromatic carbocycles. The standard InChI is InChI=1S/C38H14/c1-3-17-9-11-21-24-14-20-8-6-16-2-4-18-10-12-22-23-13-19-7-5-15(1)25-27(17)31(21)37-34(24)36-30(20)26(16)28(18)32(22)38(36)33(23)35(37)29(19)25/h1-14H. The van der Waals surface area contributed by atoms with Crippen molar-refractivity contribution < 1.29 is 0 Å². The zero-order valence-corrected chi connectivity index (χ0v) is 20.1. The molecule has 38 heavy (non-hydrogen) atoms. The molecular weight excluding hydrogens is 456 g/mol. The van der Waals surface area contributed by atoms with E-state index in [1.165, 1.54) is 129 Å². The molecule has 0 unspecified atom stereocenters. The van der Waals surface area contributed by atoms with Gasteiger partial charge in [-0.05, 0) is 141 Å². The van der Waals surface area contributed by atoms with Crippen LogP contribution in [0.1, 0.15) is 0 Å². The molecule has 0 aliphatic heterocycles. The van der Waals surface area contributed by atoms with Crippen LogP contribution in [0.15, 0.2) is 84.9 Å². The van der Waals surface area contributed by atoms with E-state index in [2.05, 4.69) is 84.9 Å². The number of hydrogen-bond acceptors (Lipinski definition) is 0. The van der Waals surface area contributed by atoms with E-state index in [4.69, 9.17) is 0 Å². The SMILES string of the molecule is c1cc2ccc3c4cc5ccc6ccc7ccc8c9cc%10ccc1c1c2c3c2c4c3c5c6c7c8c3c9c2c%101. The van der Waals surface area contributed by atoms with Gasteiger partial charge < -0.3 is 0 Å². The first-order valence-corrected chi connectivity index (χ1v) is 13.6. The van der Waals surface area contributed by atoms with Crippen LogP contribution in [0.25, 0.3) is 129 Å². The van der Waals surface area contributed by atoms with Crippen LogP contribution in [0.5, 0.6) is 0 Å². The maximum absolute atomic E-state index is 2.51. The monoisotopic (exact) mass is 470 g/mol. The highest BCUT2D eigenvalue weighted by atomic mass is 14.3. The smallest absolute Gasteiger partial charge is 0.0000476 e. The molecule has 0 heteroatoms. The minimum absolute atomic E-state index is 1.36. The fraction of sp³-hybridized carbons (Fsp3) is 0. The molecule has 0 aliphatic carbocycles. The van der Waals surface area contributed by atoms with E-state index in [9.17, 15) is 0 Å². The van der Waals surface area contributed by atoms with Crippen LogP contribution < -0.4 is 0 Å². The summed E-state index contributed by atoms with van der Waals surface area (Å²) in [5, 5.41) is 34.7. The third-order valence-corrected chi connectivity index (χ3v) is 10.6. The molecule has 0 N–H and O–H groups in total. The van der Waals surface area contributed by atoms with Gasteiger partial charge >= 0.3 is 0 Å². The second-order valence-electron chi connectivity index (χ2n) is 11.9. The molecule has 0 aromatic heterocycles. The Morgan fingerprint density at radius 2 is 0.447 bits per heavy atom. The highest BCUT2D eigenvalue weighted by Crippen LogP contribution is 2.61. The molecule has 0 saturated carbocycles. The van der Waals surface area contributed by atoms with Crippen LogP contribution in [-0.4, -0.2) is 0 Å². The van der Waals surface area contributed by atoms with Crippen molar-refractivity contribution in [2.75, 3.05) is 0 Å². The Morgan fingerprint density at radius 3 is 0.868 bits per heavy atom. The summed E-state index contributed by atoms with van der Waals surface area (Å²) in [7, 11) is 0. The van der Waals surface area contributed by atoms with Gasteiger partial charge in [0.15, 0.2) is 0 Å². The minimum Gasteiger partial charge on any atom is -0.0537 e. The summed E-state index contributed by atoms with van der Waals surface area (Å²) in [6, 6.07) is 33.3. The summed E-state index contributed by atoms with van der Waals surface area (Å²) in [6.45, 7) is 0. The topological polar surface area (TPSA) is 0 Å². The third kappa shape index (κ3) is 1.33. The molecule has 0 atom stereocenters. The van der Waals surface area contributed by atoms with Gasteiger partial charge in [0.1, 0.15) is 0 Å². The number of hydrogen-bond donors (Lipinski definition) is 0. The van der Waals surface area contributed by atoms with Crippen molar-refractivity contribution in [1.82, 2.24) is 0 Å². The molecule has 0 spiro atoms. The van der Waals surface area contributed by atoms with Crippen molar-refractivity contribution in [2.45, 2.75) is 0 Å². The Labute approximate surface area is 213 Å². The molecule has 0 fully saturated rings. The van der Waals surface area contributed by atoms with Crippen LogP contribution in [0.2, 0.25) is 0 Å². The first-order valence-electron chi connectivity index (χ1n) is 13.6. The van der Waals surface area contributed by atoms with E-state index in [0.717, 1.165) is 0 Å². The van der Waals surface area contributed by atoms with E-state index in [0.29, 0.717) is 0 Å². The maximum Gasteiger partial charge on any atom is -0.0000476 e. The molecule has 0 bridgehead atoms. The molecule has 0 nitrogen and oxygen atoms in total. The number of rotatable bonds is 0. The highest BCUT2D eigenvalue weighted by molar-refractivity contribution is 6.61. The van der Waals surface area contributed by atoms with Gasteiger partial charge in [-0.25, -0.2) is 0 Å². The molecule has 0 radical (unpaired) electrons. The van der Waals surface area contributed by atoms with Gasteiger partial charge in [0, 0.05) is 0 Å². The van der Waals surface area contributed by atoms with Crippen LogP contribution in [0.4, 0.5) is 0 Å². The van der Waals surface area contributed by atoms with Crippen molar-refractivity contribution in [2.24, 2.45) is 0 Å². The predicted molar refractivity (Wildman–Crippen MR) is 166 cm³/mol. The van der Waals surface area contributed by atoms with Crippen molar-refractivity contribution in [3.63, 3.8) is 0 Å². The van der Waals surface area contributed by atoms with Gasteiger partial charge in [-0.2, -0.15) is 0 Å². The van der Waals surface area contributed by atoms with E-state index in [1.807, 2.05) is 0 Å². The summed E-state index contributed by atoms with van der Waals surface area (Å²) < 4.78 is 0. The predicted octanol–water partition coefficient (Wildman–Crippen LogP) is 11.0. The first kappa shape index (κ1) is 16.7. The van der Waals surface area contributed by atoms with Gasteiger partial charge in [0.05, 0.1) is 0 Å². The largest absolute Gasteiger partial charge is 0.0537 e. The normalized spacial score (nSPS) is 14.3. The summed E-state index contributed by atoms with van der Waals surface area (Å²) in [5.41, 5.74) is 0. The molecule has 0 saturated heterocycles. The average Bonchev–Trinajstić information content (AvgIpc) is 3.48. The van der Waals surface area contributed by atoms with Gasteiger partial charge in [-0.15, -0.1) is 0 Å². The first-order chi connectivity index (χ1) is 18.9. The van der Waals surface area contributed by atoms with Gasteiger partial charge in [-0.1, -0.05) is 72.8 Å². The third-order valence-electron chi connectivity index (χ3n) is 10.6. The average molecular weight is 471 g/mol. The Morgan fingerprint density at radius 1 is 0.184 bits per heavy atom. The second kappa shape index (κ2) is 4.71. The number of fused-ring (bicyclic) bond motifs is 2. The van der Waals surface area contributed by atoms with Crippen molar-refractivity contribution >= 4 is 129 Å². The molecule has 13 rings (SSSR count). The molecule has 13 aromatic rings. The molecule has 166 valence electrons. The number of benzene rings is 11. The van der Waals surface area contributed by atoms with Crippen LogP contribution in [0.3, 0.4) is 0 Å². The molecule has 0 aliphatic rings. The Hall–Kier alpha value is -4.94. The fourth-order valence-electron chi connectivity index (χ4n) is 9.42. The maximum atomic E-state index is 2.51. The molecule has 0 heterocycles. The summed E-state index contributed by atoms with van der Waals surface area (Å²) in [4.78, 5) is 0. The fourth-order valence-corrected chi connectivity index (χ4v) is 9.42. The summed E-state index contributed by atoms with van der Waals surface area (Å²) >= 11 is 0. The lowest BCUT2D eigenvalue weighted by Crippen LogP contribution is -1.91. The van der Waals surface area contributed by atoms with E-state index in [-0.39, 0.29) is 0 Å². The zero-order chi connectivity index (χ0) is 23.8. The Bertz CT molecular complexity index is 2840. The summed E-state index contributed by atoms with van der Waals surface area (Å²) in [5.74, 6) is 0. The Kier molecular flexibility index (Phi) is 2.07. The van der Waals surface area contributed by atoms with E-state index in [1.54, 1.807) is 0 Å². The Balaban J connectivity index is 1.63. The van der Waals surface area contributed by atoms with Crippen LogP contribution in [-0.2, 0) is 0 Å². The molecular formula is C38H14. The zero-order valence-electron chi connectivity index (χ0n) is 20.1. The van der Waals surface area contributed by atoms with Gasteiger partial charge in [0.2, 0.25) is 0 Å². The van der Waals surface area contributed by atoms with Gasteiger partial charge in [0.25, 0.3) is 0 Å². The second-order valence-corrected chi connectivity index (χ2v) is 11.9. The van der Waals surface area contributed by atoms with E-state index >= 15 is 0 Å². The molecule has 0 amide bonds. The quantitative estimate of drug-likeness (QED) is 0.153. The van der Waals surface area contributed by atoms with Crippen LogP contribution >= 0.6 is 0 Å². The van der Waals surface area contributed by atoms with E-state index < -0.39 is 0 Å². The minimum atomic E-state index is 1.36.